The molecular formula is C11H16O5. The fraction of sp³-hybridized carbons (Fsp3) is 0.818. The molecule has 5 nitrogen and oxygen atoms in total. The Kier molecular flexibility index (Phi) is 2.66. The normalized spacial score (nSPS) is 42.4. The molecule has 0 aromatic carbocycles. The van der Waals surface area contributed by atoms with Crippen molar-refractivity contribution in [1.29, 1.82) is 0 Å². The maximum absolute atomic E-state index is 11.9. The van der Waals surface area contributed by atoms with E-state index in [0.717, 1.165) is 0 Å². The summed E-state index contributed by atoms with van der Waals surface area (Å²) in [6.07, 6.45) is 0.433. The van der Waals surface area contributed by atoms with Gasteiger partial charge in [0.1, 0.15) is 0 Å². The van der Waals surface area contributed by atoms with E-state index in [1.165, 1.54) is 7.11 Å². The number of methoxy groups -OCH3 is 1. The van der Waals surface area contributed by atoms with Gasteiger partial charge in [0.05, 0.1) is 19.8 Å². The minimum Gasteiger partial charge on any atom is -0.468 e. The third-order valence-corrected chi connectivity index (χ3v) is 4.03. The van der Waals surface area contributed by atoms with Gasteiger partial charge >= 0.3 is 11.9 Å². The van der Waals surface area contributed by atoms with E-state index in [-0.39, 0.29) is 5.92 Å². The second-order valence-corrected chi connectivity index (χ2v) is 4.57. The van der Waals surface area contributed by atoms with E-state index in [9.17, 15) is 14.7 Å². The number of esters is 2. The summed E-state index contributed by atoms with van der Waals surface area (Å²) in [7, 11) is 1.26. The topological polar surface area (TPSA) is 72.8 Å². The summed E-state index contributed by atoms with van der Waals surface area (Å²) in [5, 5.41) is 9.84. The molecule has 2 aliphatic rings. The van der Waals surface area contributed by atoms with E-state index in [0.29, 0.717) is 19.4 Å². The van der Waals surface area contributed by atoms with Crippen LogP contribution in [0.2, 0.25) is 0 Å². The molecule has 2 rings (SSSR count). The number of fused-ring (bicyclic) bond motifs is 1. The van der Waals surface area contributed by atoms with Crippen LogP contribution < -0.4 is 0 Å². The van der Waals surface area contributed by atoms with E-state index >= 15 is 0 Å². The van der Waals surface area contributed by atoms with Crippen molar-refractivity contribution >= 4 is 11.9 Å². The number of carbonyl (C=O) groups is 2. The molecular weight excluding hydrogens is 212 g/mol. The molecule has 0 spiro atoms. The quantitative estimate of drug-likeness (QED) is 0.509. The standard InChI is InChI=1S/C11H16O5/c1-6-8(12)5-7-3-4-16-10(14)11(6,7)9(13)15-2/h6-8,12H,3-5H2,1-2H3/t6-,7+,8+,11-/m1/s1. The summed E-state index contributed by atoms with van der Waals surface area (Å²) < 4.78 is 9.72. The van der Waals surface area contributed by atoms with Crippen LogP contribution in [0.3, 0.4) is 0 Å². The summed E-state index contributed by atoms with van der Waals surface area (Å²) in [4.78, 5) is 23.8. The molecule has 2 fully saturated rings. The molecule has 1 saturated carbocycles. The van der Waals surface area contributed by atoms with Gasteiger partial charge < -0.3 is 14.6 Å². The van der Waals surface area contributed by atoms with Crippen LogP contribution >= 0.6 is 0 Å². The highest BCUT2D eigenvalue weighted by Gasteiger charge is 2.65. The molecule has 0 bridgehead atoms. The Labute approximate surface area is 93.7 Å². The summed E-state index contributed by atoms with van der Waals surface area (Å²) in [5.74, 6) is -1.73. The van der Waals surface area contributed by atoms with Crippen LogP contribution in [0.5, 0.6) is 0 Å². The minimum absolute atomic E-state index is 0.161. The average molecular weight is 228 g/mol. The highest BCUT2D eigenvalue weighted by Crippen LogP contribution is 2.52. The Morgan fingerprint density at radius 1 is 1.62 bits per heavy atom. The second kappa shape index (κ2) is 3.73. The molecule has 0 amide bonds. The van der Waals surface area contributed by atoms with Crippen molar-refractivity contribution < 1.29 is 24.2 Å². The average Bonchev–Trinajstić information content (AvgIpc) is 2.53. The van der Waals surface area contributed by atoms with Gasteiger partial charge in [-0.2, -0.15) is 0 Å². The fourth-order valence-electron chi connectivity index (χ4n) is 3.07. The maximum Gasteiger partial charge on any atom is 0.324 e. The molecule has 5 heteroatoms. The van der Waals surface area contributed by atoms with Gasteiger partial charge in [-0.25, -0.2) is 0 Å². The molecule has 0 radical (unpaired) electrons. The van der Waals surface area contributed by atoms with Crippen molar-refractivity contribution in [3.8, 4) is 0 Å². The molecule has 1 heterocycles. The van der Waals surface area contributed by atoms with Crippen molar-refractivity contribution in [2.75, 3.05) is 13.7 Å². The van der Waals surface area contributed by atoms with Gasteiger partial charge in [0.2, 0.25) is 0 Å². The first-order valence-corrected chi connectivity index (χ1v) is 5.48. The van der Waals surface area contributed by atoms with E-state index in [1.54, 1.807) is 6.92 Å². The van der Waals surface area contributed by atoms with Crippen LogP contribution in [-0.4, -0.2) is 36.9 Å². The van der Waals surface area contributed by atoms with Crippen molar-refractivity contribution in [2.24, 2.45) is 17.3 Å². The van der Waals surface area contributed by atoms with Crippen LogP contribution in [0.25, 0.3) is 0 Å². The zero-order chi connectivity index (χ0) is 11.9. The predicted molar refractivity (Wildman–Crippen MR) is 53.3 cm³/mol. The number of carbonyl (C=O) groups excluding carboxylic acids is 2. The van der Waals surface area contributed by atoms with Crippen LogP contribution in [0.4, 0.5) is 0 Å². The van der Waals surface area contributed by atoms with E-state index in [4.69, 9.17) is 9.47 Å². The van der Waals surface area contributed by atoms with Crippen molar-refractivity contribution in [3.05, 3.63) is 0 Å². The Morgan fingerprint density at radius 3 is 2.94 bits per heavy atom. The van der Waals surface area contributed by atoms with Crippen LogP contribution in [0.15, 0.2) is 0 Å². The fourth-order valence-corrected chi connectivity index (χ4v) is 3.07. The van der Waals surface area contributed by atoms with E-state index in [1.807, 2.05) is 0 Å². The summed E-state index contributed by atoms with van der Waals surface area (Å²) in [6, 6.07) is 0. The van der Waals surface area contributed by atoms with Crippen LogP contribution in [-0.2, 0) is 19.1 Å². The summed E-state index contributed by atoms with van der Waals surface area (Å²) in [6.45, 7) is 2.02. The molecule has 1 saturated heterocycles. The second-order valence-electron chi connectivity index (χ2n) is 4.57. The zero-order valence-electron chi connectivity index (χ0n) is 9.43. The van der Waals surface area contributed by atoms with Gasteiger partial charge in [0.25, 0.3) is 0 Å². The molecule has 1 aliphatic carbocycles. The zero-order valence-corrected chi connectivity index (χ0v) is 9.43. The lowest BCUT2D eigenvalue weighted by Crippen LogP contribution is -2.52. The van der Waals surface area contributed by atoms with Gasteiger partial charge in [-0.3, -0.25) is 9.59 Å². The lowest BCUT2D eigenvalue weighted by atomic mass is 9.70. The van der Waals surface area contributed by atoms with Crippen molar-refractivity contribution in [3.63, 3.8) is 0 Å². The number of hydrogen-bond acceptors (Lipinski definition) is 5. The minimum atomic E-state index is -1.29. The van der Waals surface area contributed by atoms with Gasteiger partial charge in [0, 0.05) is 5.92 Å². The molecule has 0 aromatic rings. The number of hydrogen-bond donors (Lipinski definition) is 1. The molecule has 1 aliphatic heterocycles. The lowest BCUT2D eigenvalue weighted by Gasteiger charge is -2.37. The Balaban J connectivity index is 2.46. The summed E-state index contributed by atoms with van der Waals surface area (Å²) in [5.41, 5.74) is -1.29. The van der Waals surface area contributed by atoms with Crippen molar-refractivity contribution in [1.82, 2.24) is 0 Å². The third kappa shape index (κ3) is 1.21. The van der Waals surface area contributed by atoms with Crippen molar-refractivity contribution in [2.45, 2.75) is 25.9 Å². The number of cyclic esters (lactones) is 1. The van der Waals surface area contributed by atoms with E-state index in [2.05, 4.69) is 0 Å². The van der Waals surface area contributed by atoms with Gasteiger partial charge in [0.15, 0.2) is 5.41 Å². The third-order valence-electron chi connectivity index (χ3n) is 4.03. The first kappa shape index (κ1) is 11.4. The SMILES string of the molecule is COC(=O)[C@]12C(=O)OCC[C@H]1C[C@H](O)[C@H]2C. The summed E-state index contributed by atoms with van der Waals surface area (Å²) >= 11 is 0. The molecule has 90 valence electrons. The highest BCUT2D eigenvalue weighted by atomic mass is 16.6. The molecule has 0 unspecified atom stereocenters. The Bertz CT molecular complexity index is 316. The van der Waals surface area contributed by atoms with E-state index < -0.39 is 29.4 Å². The van der Waals surface area contributed by atoms with Gasteiger partial charge in [-0.15, -0.1) is 0 Å². The Hall–Kier alpha value is -1.10. The maximum atomic E-state index is 11.9. The largest absolute Gasteiger partial charge is 0.468 e. The van der Waals surface area contributed by atoms with Crippen LogP contribution in [0.1, 0.15) is 19.8 Å². The van der Waals surface area contributed by atoms with Crippen LogP contribution in [0, 0.1) is 17.3 Å². The first-order valence-electron chi connectivity index (χ1n) is 5.48. The number of ether oxygens (including phenoxy) is 2. The smallest absolute Gasteiger partial charge is 0.324 e. The monoisotopic (exact) mass is 228 g/mol. The molecule has 1 N–H and O–H groups in total. The molecule has 4 atom stereocenters. The van der Waals surface area contributed by atoms with Gasteiger partial charge in [-0.1, -0.05) is 6.92 Å². The number of aliphatic hydroxyl groups is 1. The predicted octanol–water partition coefficient (Wildman–Crippen LogP) is 0.110. The number of aliphatic hydroxyl groups excluding tert-OH is 1. The first-order chi connectivity index (χ1) is 7.55. The Morgan fingerprint density at radius 2 is 2.31 bits per heavy atom. The molecule has 0 aromatic heterocycles. The lowest BCUT2D eigenvalue weighted by molar-refractivity contribution is -0.185. The highest BCUT2D eigenvalue weighted by molar-refractivity contribution is 6.01. The number of rotatable bonds is 1. The van der Waals surface area contributed by atoms with Gasteiger partial charge in [-0.05, 0) is 18.8 Å². The molecule has 16 heavy (non-hydrogen) atoms.